The average molecular weight is 1180 g/mol. The lowest BCUT2D eigenvalue weighted by Gasteiger charge is -2.05. The van der Waals surface area contributed by atoms with Gasteiger partial charge in [0.05, 0.1) is 6.61 Å². The molecule has 0 aromatic heterocycles. The summed E-state index contributed by atoms with van der Waals surface area (Å²) in [5.41, 5.74) is 0. The van der Waals surface area contributed by atoms with Gasteiger partial charge in [0, 0.05) is 25.2 Å². The highest BCUT2D eigenvalue weighted by Crippen LogP contribution is 2.20. The van der Waals surface area contributed by atoms with Crippen LogP contribution in [-0.2, 0) is 111 Å². The smallest absolute Gasteiger partial charge is 0.0855 e. The zero-order chi connectivity index (χ0) is 57.9. The average Bonchev–Trinajstić information content (AvgIpc) is 3.48. The molecular formula is C58H118O23. The summed E-state index contributed by atoms with van der Waals surface area (Å²) < 4.78 is 0. The van der Waals surface area contributed by atoms with Crippen LogP contribution in [0.3, 0.4) is 0 Å². The zero-order valence-electron chi connectivity index (χ0n) is 50.7. The predicted molar refractivity (Wildman–Crippen MR) is 296 cm³/mol. The molecule has 0 aliphatic heterocycles. The van der Waals surface area contributed by atoms with E-state index in [9.17, 15) is 0 Å². The van der Waals surface area contributed by atoms with Crippen molar-refractivity contribution in [1.29, 1.82) is 0 Å². The third kappa shape index (κ3) is 79.1. The molecule has 81 heavy (non-hydrogen) atoms. The topological polar surface area (TPSA) is 223 Å². The van der Waals surface area contributed by atoms with Crippen molar-refractivity contribution in [2.24, 2.45) is 0 Å². The van der Waals surface area contributed by atoms with Gasteiger partial charge in [0.1, 0.15) is 0 Å². The minimum atomic E-state index is 0.287. The first kappa shape index (κ1) is 80.1. The lowest BCUT2D eigenvalue weighted by atomic mass is 10.0. The summed E-state index contributed by atoms with van der Waals surface area (Å²) >= 11 is 0. The molecule has 0 amide bonds. The number of hydrogen-bond acceptors (Lipinski definition) is 23. The van der Waals surface area contributed by atoms with Gasteiger partial charge in [0.15, 0.2) is 0 Å². The fourth-order valence-corrected chi connectivity index (χ4v) is 10.1. The first-order valence-corrected chi connectivity index (χ1v) is 32.7. The highest BCUT2D eigenvalue weighted by atomic mass is 18.0. The summed E-state index contributed by atoms with van der Waals surface area (Å²) in [6, 6.07) is 0. The Morgan fingerprint density at radius 2 is 0.272 bits per heavy atom. The van der Waals surface area contributed by atoms with Crippen LogP contribution in [0.25, 0.3) is 0 Å². The van der Waals surface area contributed by atoms with Crippen molar-refractivity contribution >= 4 is 0 Å². The second-order valence-corrected chi connectivity index (χ2v) is 21.7. The van der Waals surface area contributed by atoms with Crippen molar-refractivity contribution < 1.29 is 116 Å². The van der Waals surface area contributed by atoms with Crippen LogP contribution in [0.15, 0.2) is 0 Å². The SMILES string of the molecule is CCCCCCCCCCCCCCCCCCCCCCCCCCCCCCCCCCCCCCCCCCCCCCCCCCCCCCCCCCOOOOOOOOOOOOOOOOOOOOOOO. The number of hydrogen-bond donors (Lipinski definition) is 1. The van der Waals surface area contributed by atoms with Crippen LogP contribution in [0.1, 0.15) is 366 Å². The molecule has 0 heterocycles. The molecule has 0 spiro atoms. The van der Waals surface area contributed by atoms with Crippen LogP contribution in [0.2, 0.25) is 0 Å². The molecule has 0 saturated heterocycles. The molecule has 0 rings (SSSR count). The van der Waals surface area contributed by atoms with Crippen molar-refractivity contribution in [3.05, 3.63) is 0 Å². The van der Waals surface area contributed by atoms with E-state index in [-0.39, 0.29) is 6.61 Å². The van der Waals surface area contributed by atoms with Gasteiger partial charge in [-0.3, -0.25) is 0 Å². The lowest BCUT2D eigenvalue weighted by Crippen LogP contribution is -2.06. The molecule has 0 aliphatic carbocycles. The van der Waals surface area contributed by atoms with E-state index >= 15 is 0 Å². The molecule has 0 unspecified atom stereocenters. The molecule has 23 nitrogen and oxygen atoms in total. The summed E-state index contributed by atoms with van der Waals surface area (Å²) in [6.45, 7) is 2.59. The third-order valence-corrected chi connectivity index (χ3v) is 14.7. The Labute approximate surface area is 487 Å². The minimum absolute atomic E-state index is 0.287. The molecule has 488 valence electrons. The van der Waals surface area contributed by atoms with Crippen molar-refractivity contribution in [2.75, 3.05) is 6.61 Å². The van der Waals surface area contributed by atoms with E-state index in [1.54, 1.807) is 0 Å². The van der Waals surface area contributed by atoms with Gasteiger partial charge in [0.25, 0.3) is 0 Å². The Morgan fingerprint density at radius 3 is 0.420 bits per heavy atom. The van der Waals surface area contributed by atoms with Gasteiger partial charge < -0.3 is 0 Å². The minimum Gasteiger partial charge on any atom is -0.219 e. The van der Waals surface area contributed by atoms with E-state index in [2.05, 4.69) is 113 Å². The molecule has 0 aromatic rings. The second-order valence-electron chi connectivity index (χ2n) is 21.7. The van der Waals surface area contributed by atoms with Crippen LogP contribution in [-0.4, -0.2) is 11.9 Å². The Balaban J connectivity index is 3.08. The van der Waals surface area contributed by atoms with Crippen molar-refractivity contribution in [2.45, 2.75) is 366 Å². The van der Waals surface area contributed by atoms with Crippen molar-refractivity contribution in [3.8, 4) is 0 Å². The maximum atomic E-state index is 7.64. The zero-order valence-corrected chi connectivity index (χ0v) is 50.7. The summed E-state index contributed by atoms with van der Waals surface area (Å²) in [6.07, 6.45) is 79.3. The molecule has 0 fully saturated rings. The lowest BCUT2D eigenvalue weighted by molar-refractivity contribution is -0.898. The monoisotopic (exact) mass is 1180 g/mol. The Bertz CT molecular complexity index is 988. The maximum Gasteiger partial charge on any atom is 0.0855 e. The fraction of sp³-hybridized carbons (Fsp3) is 1.00. The van der Waals surface area contributed by atoms with E-state index in [0.29, 0.717) is 0 Å². The predicted octanol–water partition coefficient (Wildman–Crippen LogP) is 20.9. The highest BCUT2D eigenvalue weighted by molar-refractivity contribution is 4.55. The second kappa shape index (κ2) is 79.1. The van der Waals surface area contributed by atoms with Gasteiger partial charge in [-0.25, -0.2) is 10.1 Å². The summed E-state index contributed by atoms with van der Waals surface area (Å²) in [4.78, 5) is 4.75. The molecule has 0 saturated carbocycles. The van der Waals surface area contributed by atoms with E-state index < -0.39 is 0 Å². The molecule has 0 aromatic carbocycles. The highest BCUT2D eigenvalue weighted by Gasteiger charge is 2.04. The molecule has 0 bridgehead atoms. The number of unbranched alkanes of at least 4 members (excludes halogenated alkanes) is 55. The van der Waals surface area contributed by atoms with Gasteiger partial charge in [-0.15, -0.1) is 0 Å². The van der Waals surface area contributed by atoms with Gasteiger partial charge in [-0.1, -0.05) is 360 Å². The molecule has 0 radical (unpaired) electrons. The Morgan fingerprint density at radius 1 is 0.148 bits per heavy atom. The largest absolute Gasteiger partial charge is 0.219 e. The van der Waals surface area contributed by atoms with E-state index in [4.69, 9.17) is 10.1 Å². The normalized spacial score (nSPS) is 11.8. The van der Waals surface area contributed by atoms with E-state index in [1.165, 1.54) is 340 Å². The number of rotatable bonds is 78. The van der Waals surface area contributed by atoms with E-state index in [0.717, 1.165) is 19.3 Å². The van der Waals surface area contributed by atoms with Crippen LogP contribution >= 0.6 is 0 Å². The Kier molecular flexibility index (Phi) is 78.2. The summed E-state index contributed by atoms with van der Waals surface area (Å²) in [5, 5.41) is 83.9. The standard InChI is InChI=1S/C58H118O23/c1-2-3-4-5-6-7-8-9-10-11-12-13-14-15-16-17-18-19-20-21-22-23-24-25-26-27-28-29-30-31-32-33-34-35-36-37-38-39-40-41-42-43-44-45-46-47-48-49-50-51-52-53-54-55-56-57-58-60-62-64-66-68-70-72-74-76-78-80-81-79-77-75-73-71-69-67-65-63-61-59/h59H,2-58H2,1H3. The summed E-state index contributed by atoms with van der Waals surface area (Å²) in [7, 11) is 0. The molecular weight excluding hydrogens is 1060 g/mol. The van der Waals surface area contributed by atoms with Gasteiger partial charge in [-0.05, 0) is 87.0 Å². The molecule has 0 atom stereocenters. The Hall–Kier alpha value is -0.920. The maximum absolute atomic E-state index is 7.64. The molecule has 1 N–H and O–H groups in total. The van der Waals surface area contributed by atoms with Gasteiger partial charge >= 0.3 is 0 Å². The molecule has 23 heteroatoms. The van der Waals surface area contributed by atoms with Gasteiger partial charge in [0.2, 0.25) is 0 Å². The van der Waals surface area contributed by atoms with Crippen molar-refractivity contribution in [3.63, 3.8) is 0 Å². The van der Waals surface area contributed by atoms with E-state index in [1.807, 2.05) is 0 Å². The summed E-state index contributed by atoms with van der Waals surface area (Å²) in [5.74, 6) is 0. The van der Waals surface area contributed by atoms with Crippen molar-refractivity contribution in [1.82, 2.24) is 0 Å². The van der Waals surface area contributed by atoms with Crippen LogP contribution in [0.4, 0.5) is 0 Å². The quantitative estimate of drug-likeness (QED) is 0.0339. The first-order valence-electron chi connectivity index (χ1n) is 32.7. The van der Waals surface area contributed by atoms with Crippen LogP contribution in [0, 0.1) is 0 Å². The van der Waals surface area contributed by atoms with Gasteiger partial charge in [-0.2, -0.15) is 0 Å². The first-order chi connectivity index (χ1) is 40.4. The third-order valence-electron chi connectivity index (χ3n) is 14.7. The van der Waals surface area contributed by atoms with Crippen LogP contribution < -0.4 is 0 Å². The molecule has 0 aliphatic rings. The van der Waals surface area contributed by atoms with Crippen LogP contribution in [0.5, 0.6) is 0 Å². The fourth-order valence-electron chi connectivity index (χ4n) is 10.1.